The fourth-order valence-electron chi connectivity index (χ4n) is 6.91. The Morgan fingerprint density at radius 2 is 0.617 bits per heavy atom. The summed E-state index contributed by atoms with van der Waals surface area (Å²) in [5, 5.41) is 6.17. The minimum Gasteiger partial charge on any atom is -0.315 e. The van der Waals surface area contributed by atoms with Gasteiger partial charge in [0.2, 0.25) is 0 Å². The molecule has 0 bridgehead atoms. The lowest BCUT2D eigenvalue weighted by atomic mass is 10.1. The van der Waals surface area contributed by atoms with E-state index in [2.05, 4.69) is 48.3 Å². The summed E-state index contributed by atoms with van der Waals surface area (Å²) in [5.74, 6) is 0. The SMILES string of the molecule is CCCCCCCCCCCCN(CCCCCCCCCCCC)CCN(CCCCCCCCCCCC)NCCNCCC. The fraction of sp³-hybridized carbons (Fsp3) is 1.00. The van der Waals surface area contributed by atoms with Crippen molar-refractivity contribution in [3.63, 3.8) is 0 Å². The van der Waals surface area contributed by atoms with Gasteiger partial charge in [0.1, 0.15) is 0 Å². The van der Waals surface area contributed by atoms with Crippen LogP contribution in [0.1, 0.15) is 227 Å². The van der Waals surface area contributed by atoms with Gasteiger partial charge < -0.3 is 10.2 Å². The predicted molar refractivity (Wildman–Crippen MR) is 215 cm³/mol. The van der Waals surface area contributed by atoms with Crippen LogP contribution < -0.4 is 10.7 Å². The molecule has 0 rings (SSSR count). The minimum absolute atomic E-state index is 1.05. The van der Waals surface area contributed by atoms with E-state index >= 15 is 0 Å². The minimum atomic E-state index is 1.05. The second-order valence-corrected chi connectivity index (χ2v) is 15.0. The Morgan fingerprint density at radius 3 is 0.979 bits per heavy atom. The molecule has 0 aromatic rings. The number of unbranched alkanes of at least 4 members (excludes halogenated alkanes) is 27. The molecule has 0 amide bonds. The molecule has 0 saturated carbocycles. The molecule has 0 aromatic carbocycles. The highest BCUT2D eigenvalue weighted by molar-refractivity contribution is 4.64. The smallest absolute Gasteiger partial charge is 0.0258 e. The van der Waals surface area contributed by atoms with Gasteiger partial charge in [-0.3, -0.25) is 5.43 Å². The Kier molecular flexibility index (Phi) is 41.9. The lowest BCUT2D eigenvalue weighted by molar-refractivity contribution is 0.147. The van der Waals surface area contributed by atoms with Gasteiger partial charge in [-0.2, -0.15) is 0 Å². The number of hydrogen-bond donors (Lipinski definition) is 2. The highest BCUT2D eigenvalue weighted by atomic mass is 15.5. The third-order valence-corrected chi connectivity index (χ3v) is 10.2. The molecule has 4 heteroatoms. The summed E-state index contributed by atoms with van der Waals surface area (Å²) < 4.78 is 0. The molecule has 0 aliphatic heterocycles. The summed E-state index contributed by atoms with van der Waals surface area (Å²) in [5.41, 5.74) is 3.83. The first kappa shape index (κ1) is 46.8. The van der Waals surface area contributed by atoms with Gasteiger partial charge in [0, 0.05) is 32.7 Å². The third-order valence-electron chi connectivity index (χ3n) is 10.2. The summed E-state index contributed by atoms with van der Waals surface area (Å²) in [6.07, 6.45) is 44.0. The maximum atomic E-state index is 3.83. The second-order valence-electron chi connectivity index (χ2n) is 15.0. The van der Waals surface area contributed by atoms with Crippen molar-refractivity contribution in [3.05, 3.63) is 0 Å². The van der Waals surface area contributed by atoms with Crippen LogP contribution in [-0.2, 0) is 0 Å². The quantitative estimate of drug-likeness (QED) is 0.0502. The van der Waals surface area contributed by atoms with Crippen LogP contribution in [0, 0.1) is 0 Å². The topological polar surface area (TPSA) is 30.5 Å². The summed E-state index contributed by atoms with van der Waals surface area (Å²) in [7, 11) is 0. The normalized spacial score (nSPS) is 11.9. The Labute approximate surface area is 299 Å². The Morgan fingerprint density at radius 1 is 0.277 bits per heavy atom. The van der Waals surface area contributed by atoms with E-state index in [-0.39, 0.29) is 0 Å². The van der Waals surface area contributed by atoms with Gasteiger partial charge in [0.05, 0.1) is 0 Å². The molecule has 0 atom stereocenters. The van der Waals surface area contributed by atoms with Crippen molar-refractivity contribution in [2.24, 2.45) is 0 Å². The number of hydrazine groups is 1. The van der Waals surface area contributed by atoms with E-state index in [1.807, 2.05) is 0 Å². The van der Waals surface area contributed by atoms with Crippen LogP contribution in [-0.4, -0.2) is 62.3 Å². The van der Waals surface area contributed by atoms with E-state index in [9.17, 15) is 0 Å². The molecular formula is C43H92N4. The summed E-state index contributed by atoms with van der Waals surface area (Å²) in [4.78, 5) is 2.83. The Bertz CT molecular complexity index is 518. The van der Waals surface area contributed by atoms with Gasteiger partial charge in [0.15, 0.2) is 0 Å². The van der Waals surface area contributed by atoms with E-state index in [1.54, 1.807) is 0 Å². The van der Waals surface area contributed by atoms with Gasteiger partial charge in [0.25, 0.3) is 0 Å². The molecule has 0 aliphatic rings. The van der Waals surface area contributed by atoms with Crippen molar-refractivity contribution in [1.29, 1.82) is 0 Å². The van der Waals surface area contributed by atoms with Crippen molar-refractivity contribution < 1.29 is 0 Å². The van der Waals surface area contributed by atoms with E-state index in [4.69, 9.17) is 0 Å². The average molecular weight is 665 g/mol. The van der Waals surface area contributed by atoms with Crippen molar-refractivity contribution in [3.8, 4) is 0 Å². The molecule has 0 saturated heterocycles. The van der Waals surface area contributed by atoms with Crippen LogP contribution in [0.5, 0.6) is 0 Å². The van der Waals surface area contributed by atoms with Gasteiger partial charge in [-0.05, 0) is 45.3 Å². The number of hydrogen-bond acceptors (Lipinski definition) is 4. The van der Waals surface area contributed by atoms with Gasteiger partial charge in [-0.25, -0.2) is 5.01 Å². The number of nitrogens with one attached hydrogen (secondary N) is 2. The van der Waals surface area contributed by atoms with Crippen molar-refractivity contribution >= 4 is 0 Å². The van der Waals surface area contributed by atoms with E-state index in [1.165, 1.54) is 232 Å². The van der Waals surface area contributed by atoms with Crippen molar-refractivity contribution in [2.75, 3.05) is 52.4 Å². The Hall–Kier alpha value is -0.160. The fourth-order valence-corrected chi connectivity index (χ4v) is 6.91. The average Bonchev–Trinajstić information content (AvgIpc) is 3.08. The molecular weight excluding hydrogens is 573 g/mol. The van der Waals surface area contributed by atoms with Gasteiger partial charge in [-0.15, -0.1) is 0 Å². The number of rotatable bonds is 42. The molecule has 0 spiro atoms. The second kappa shape index (κ2) is 42.0. The maximum absolute atomic E-state index is 3.83. The van der Waals surface area contributed by atoms with Crippen LogP contribution in [0.3, 0.4) is 0 Å². The molecule has 0 fully saturated rings. The van der Waals surface area contributed by atoms with E-state index in [0.717, 1.165) is 19.6 Å². The van der Waals surface area contributed by atoms with Crippen LogP contribution in [0.25, 0.3) is 0 Å². The maximum Gasteiger partial charge on any atom is 0.0258 e. The summed E-state index contributed by atoms with van der Waals surface area (Å²) >= 11 is 0. The first-order valence-corrected chi connectivity index (χ1v) is 22.2. The van der Waals surface area contributed by atoms with Crippen molar-refractivity contribution in [2.45, 2.75) is 227 Å². The summed E-state index contributed by atoms with van der Waals surface area (Å²) in [6, 6.07) is 0. The van der Waals surface area contributed by atoms with E-state index in [0.29, 0.717) is 0 Å². The zero-order valence-electron chi connectivity index (χ0n) is 33.5. The molecule has 0 aliphatic carbocycles. The van der Waals surface area contributed by atoms with Crippen LogP contribution >= 0.6 is 0 Å². The molecule has 284 valence electrons. The van der Waals surface area contributed by atoms with Gasteiger partial charge >= 0.3 is 0 Å². The molecule has 2 N–H and O–H groups in total. The molecule has 47 heavy (non-hydrogen) atoms. The van der Waals surface area contributed by atoms with Gasteiger partial charge in [-0.1, -0.05) is 201 Å². The monoisotopic (exact) mass is 665 g/mol. The molecule has 0 unspecified atom stereocenters. The lowest BCUT2D eigenvalue weighted by Gasteiger charge is -2.28. The lowest BCUT2D eigenvalue weighted by Crippen LogP contribution is -2.46. The van der Waals surface area contributed by atoms with Crippen molar-refractivity contribution in [1.82, 2.24) is 20.7 Å². The van der Waals surface area contributed by atoms with E-state index < -0.39 is 0 Å². The summed E-state index contributed by atoms with van der Waals surface area (Å²) in [6.45, 7) is 18.7. The van der Waals surface area contributed by atoms with Crippen LogP contribution in [0.2, 0.25) is 0 Å². The standard InChI is InChI=1S/C43H92N4/c1-5-9-12-15-18-21-24-27-30-33-39-46(40-34-31-28-25-22-19-16-13-10-6-2)42-43-47(45-38-37-44-36-8-4)41-35-32-29-26-23-20-17-14-11-7-3/h44-45H,5-43H2,1-4H3. The molecule has 0 radical (unpaired) electrons. The van der Waals surface area contributed by atoms with Crippen LogP contribution in [0.15, 0.2) is 0 Å². The zero-order chi connectivity index (χ0) is 34.1. The molecule has 4 nitrogen and oxygen atoms in total. The zero-order valence-corrected chi connectivity index (χ0v) is 33.5. The highest BCUT2D eigenvalue weighted by Gasteiger charge is 2.10. The molecule has 0 heterocycles. The first-order chi connectivity index (χ1) is 23.3. The largest absolute Gasteiger partial charge is 0.315 e. The predicted octanol–water partition coefficient (Wildman–Crippen LogP) is 12.9. The third kappa shape index (κ3) is 38.5. The van der Waals surface area contributed by atoms with Crippen LogP contribution in [0.4, 0.5) is 0 Å². The molecule has 0 aromatic heterocycles. The number of nitrogens with zero attached hydrogens (tertiary/aromatic N) is 2. The first-order valence-electron chi connectivity index (χ1n) is 22.2. The highest BCUT2D eigenvalue weighted by Crippen LogP contribution is 2.14. The Balaban J connectivity index is 4.55.